The van der Waals surface area contributed by atoms with Gasteiger partial charge in [-0.05, 0) is 74.3 Å². The van der Waals surface area contributed by atoms with Gasteiger partial charge in [0.05, 0.1) is 18.2 Å². The van der Waals surface area contributed by atoms with Gasteiger partial charge in [0.25, 0.3) is 0 Å². The Morgan fingerprint density at radius 2 is 1.81 bits per heavy atom. The lowest BCUT2D eigenvalue weighted by Gasteiger charge is -2.20. The van der Waals surface area contributed by atoms with E-state index >= 15 is 0 Å². The minimum atomic E-state index is 0.226. The molecule has 0 saturated heterocycles. The Kier molecular flexibility index (Phi) is 8.12. The highest BCUT2D eigenvalue weighted by molar-refractivity contribution is 9.10. The number of nitrogens with one attached hydrogen (secondary N) is 1. The Balaban J connectivity index is 2.09. The highest BCUT2D eigenvalue weighted by Gasteiger charge is 2.07. The molecule has 0 amide bonds. The van der Waals surface area contributed by atoms with E-state index in [1.54, 1.807) is 7.11 Å². The van der Waals surface area contributed by atoms with E-state index in [4.69, 9.17) is 9.47 Å². The van der Waals surface area contributed by atoms with Gasteiger partial charge in [-0.3, -0.25) is 0 Å². The van der Waals surface area contributed by atoms with E-state index < -0.39 is 0 Å². The van der Waals surface area contributed by atoms with E-state index in [9.17, 15) is 0 Å². The molecule has 0 aromatic heterocycles. The Morgan fingerprint density at radius 1 is 1.10 bits per heavy atom. The topological polar surface area (TPSA) is 30.5 Å². The minimum Gasteiger partial charge on any atom is -0.497 e. The zero-order valence-electron chi connectivity index (χ0n) is 13.7. The van der Waals surface area contributed by atoms with Crippen molar-refractivity contribution < 1.29 is 9.47 Å². The maximum atomic E-state index is 5.78. The molecule has 1 aromatic carbocycles. The molecule has 21 heavy (non-hydrogen) atoms. The molecule has 120 valence electrons. The third-order valence-corrected chi connectivity index (χ3v) is 3.74. The van der Waals surface area contributed by atoms with Gasteiger partial charge in [0.2, 0.25) is 0 Å². The zero-order valence-corrected chi connectivity index (χ0v) is 15.3. The number of unbranched alkanes of at least 4 members (excludes halogenated alkanes) is 3. The van der Waals surface area contributed by atoms with Crippen LogP contribution in [-0.2, 0) is 0 Å². The molecule has 0 aliphatic carbocycles. The standard InChI is InChI=1S/C17H28BrNO2/c1-17(2,3)19-11-7-5-6-8-12-21-16-10-9-14(20-4)13-15(16)18/h9-10,13,19H,5-8,11-12H2,1-4H3. The van der Waals surface area contributed by atoms with Crippen LogP contribution >= 0.6 is 15.9 Å². The molecule has 0 aliphatic heterocycles. The second-order valence-corrected chi connectivity index (χ2v) is 7.09. The molecular formula is C17H28BrNO2. The lowest BCUT2D eigenvalue weighted by atomic mass is 10.1. The SMILES string of the molecule is COc1ccc(OCCCCCCNC(C)(C)C)c(Br)c1. The van der Waals surface area contributed by atoms with Crippen molar-refractivity contribution in [3.8, 4) is 11.5 Å². The summed E-state index contributed by atoms with van der Waals surface area (Å²) in [6.07, 6.45) is 4.77. The van der Waals surface area contributed by atoms with E-state index in [-0.39, 0.29) is 5.54 Å². The highest BCUT2D eigenvalue weighted by Crippen LogP contribution is 2.29. The van der Waals surface area contributed by atoms with Gasteiger partial charge >= 0.3 is 0 Å². The summed E-state index contributed by atoms with van der Waals surface area (Å²) in [5, 5.41) is 3.51. The van der Waals surface area contributed by atoms with Gasteiger partial charge in [-0.15, -0.1) is 0 Å². The maximum absolute atomic E-state index is 5.78. The van der Waals surface area contributed by atoms with Crippen LogP contribution in [0.2, 0.25) is 0 Å². The second kappa shape index (κ2) is 9.31. The van der Waals surface area contributed by atoms with Crippen molar-refractivity contribution in [3.63, 3.8) is 0 Å². The largest absolute Gasteiger partial charge is 0.497 e. The fourth-order valence-electron chi connectivity index (χ4n) is 1.95. The Bertz CT molecular complexity index is 416. The summed E-state index contributed by atoms with van der Waals surface area (Å²) in [5.74, 6) is 1.71. The summed E-state index contributed by atoms with van der Waals surface area (Å²) in [6.45, 7) is 8.46. The number of methoxy groups -OCH3 is 1. The molecule has 0 radical (unpaired) electrons. The first-order chi connectivity index (χ1) is 9.92. The first-order valence-electron chi connectivity index (χ1n) is 7.64. The molecule has 1 aromatic rings. The van der Waals surface area contributed by atoms with Crippen molar-refractivity contribution in [2.45, 2.75) is 52.0 Å². The van der Waals surface area contributed by atoms with Crippen LogP contribution in [0.25, 0.3) is 0 Å². The van der Waals surface area contributed by atoms with Gasteiger partial charge in [0, 0.05) is 5.54 Å². The fourth-order valence-corrected chi connectivity index (χ4v) is 2.42. The molecule has 1 N–H and O–H groups in total. The normalized spacial score (nSPS) is 11.5. The van der Waals surface area contributed by atoms with Gasteiger partial charge in [-0.2, -0.15) is 0 Å². The number of hydrogen-bond donors (Lipinski definition) is 1. The van der Waals surface area contributed by atoms with E-state index in [1.165, 1.54) is 19.3 Å². The van der Waals surface area contributed by atoms with E-state index in [2.05, 4.69) is 42.0 Å². The Morgan fingerprint density at radius 3 is 2.43 bits per heavy atom. The summed E-state index contributed by atoms with van der Waals surface area (Å²) in [7, 11) is 1.66. The van der Waals surface area contributed by atoms with Crippen molar-refractivity contribution >= 4 is 15.9 Å². The molecule has 0 unspecified atom stereocenters. The predicted molar refractivity (Wildman–Crippen MR) is 92.4 cm³/mol. The summed E-state index contributed by atoms with van der Waals surface area (Å²) in [6, 6.07) is 5.78. The van der Waals surface area contributed by atoms with Gasteiger partial charge in [0.15, 0.2) is 0 Å². The van der Waals surface area contributed by atoms with Crippen LogP contribution in [0.3, 0.4) is 0 Å². The summed E-state index contributed by atoms with van der Waals surface area (Å²) >= 11 is 3.50. The number of ether oxygens (including phenoxy) is 2. The van der Waals surface area contributed by atoms with Crippen molar-refractivity contribution in [2.24, 2.45) is 0 Å². The average Bonchev–Trinajstić information content (AvgIpc) is 2.42. The van der Waals surface area contributed by atoms with Gasteiger partial charge in [-0.25, -0.2) is 0 Å². The molecule has 0 spiro atoms. The molecular weight excluding hydrogens is 330 g/mol. The van der Waals surface area contributed by atoms with Crippen molar-refractivity contribution in [1.29, 1.82) is 0 Å². The molecule has 0 fully saturated rings. The van der Waals surface area contributed by atoms with Crippen molar-refractivity contribution in [1.82, 2.24) is 5.32 Å². The van der Waals surface area contributed by atoms with E-state index in [0.717, 1.165) is 35.5 Å². The lowest BCUT2D eigenvalue weighted by molar-refractivity contribution is 0.301. The lowest BCUT2D eigenvalue weighted by Crippen LogP contribution is -2.36. The number of benzene rings is 1. The molecule has 3 nitrogen and oxygen atoms in total. The molecule has 0 heterocycles. The smallest absolute Gasteiger partial charge is 0.133 e. The third kappa shape index (κ3) is 8.32. The molecule has 1 rings (SSSR count). The van der Waals surface area contributed by atoms with Crippen LogP contribution in [0.1, 0.15) is 46.5 Å². The van der Waals surface area contributed by atoms with Crippen LogP contribution < -0.4 is 14.8 Å². The quantitative estimate of drug-likeness (QED) is 0.644. The minimum absolute atomic E-state index is 0.226. The third-order valence-electron chi connectivity index (χ3n) is 3.12. The van der Waals surface area contributed by atoms with Crippen LogP contribution in [0.4, 0.5) is 0 Å². The van der Waals surface area contributed by atoms with Crippen molar-refractivity contribution in [2.75, 3.05) is 20.3 Å². The highest BCUT2D eigenvalue weighted by atomic mass is 79.9. The summed E-state index contributed by atoms with van der Waals surface area (Å²) in [4.78, 5) is 0. The molecule has 0 bridgehead atoms. The van der Waals surface area contributed by atoms with Crippen LogP contribution in [0.15, 0.2) is 22.7 Å². The molecule has 0 saturated carbocycles. The maximum Gasteiger partial charge on any atom is 0.133 e. The summed E-state index contributed by atoms with van der Waals surface area (Å²) in [5.41, 5.74) is 0.226. The number of hydrogen-bond acceptors (Lipinski definition) is 3. The van der Waals surface area contributed by atoms with Crippen LogP contribution in [0, 0.1) is 0 Å². The zero-order chi connectivity index (χ0) is 15.7. The number of halogens is 1. The molecule has 4 heteroatoms. The predicted octanol–water partition coefficient (Wildman–Crippen LogP) is 4.79. The Hall–Kier alpha value is -0.740. The van der Waals surface area contributed by atoms with E-state index in [0.29, 0.717) is 0 Å². The van der Waals surface area contributed by atoms with Crippen LogP contribution in [0.5, 0.6) is 11.5 Å². The Labute approximate surface area is 137 Å². The monoisotopic (exact) mass is 357 g/mol. The molecule has 0 aliphatic rings. The van der Waals surface area contributed by atoms with Gasteiger partial charge in [0.1, 0.15) is 11.5 Å². The van der Waals surface area contributed by atoms with Gasteiger partial charge in [-0.1, -0.05) is 12.8 Å². The first-order valence-corrected chi connectivity index (χ1v) is 8.43. The van der Waals surface area contributed by atoms with E-state index in [1.807, 2.05) is 18.2 Å². The van der Waals surface area contributed by atoms with Crippen LogP contribution in [-0.4, -0.2) is 25.8 Å². The first kappa shape index (κ1) is 18.3. The summed E-state index contributed by atoms with van der Waals surface area (Å²) < 4.78 is 11.9. The fraction of sp³-hybridized carbons (Fsp3) is 0.647. The second-order valence-electron chi connectivity index (χ2n) is 6.24. The average molecular weight is 358 g/mol. The molecule has 0 atom stereocenters. The van der Waals surface area contributed by atoms with Gasteiger partial charge < -0.3 is 14.8 Å². The van der Waals surface area contributed by atoms with Crippen molar-refractivity contribution in [3.05, 3.63) is 22.7 Å². The number of rotatable bonds is 9.